The molecule has 1 unspecified atom stereocenters. The average Bonchev–Trinajstić information content (AvgIpc) is 3.21. The Morgan fingerprint density at radius 2 is 1.81 bits per heavy atom. The van der Waals surface area contributed by atoms with Gasteiger partial charge in [-0.05, 0) is 37.1 Å². The number of carbonyl (C=O) groups is 1. The molecule has 1 aliphatic heterocycles. The number of nitrogens with one attached hydrogen (secondary N) is 2. The summed E-state index contributed by atoms with van der Waals surface area (Å²) >= 11 is 0. The lowest BCUT2D eigenvalue weighted by atomic mass is 10.2. The van der Waals surface area contributed by atoms with Gasteiger partial charge in [-0.1, -0.05) is 30.3 Å². The molecule has 1 amide bonds. The molecule has 1 saturated heterocycles. The van der Waals surface area contributed by atoms with Crippen LogP contribution in [0.3, 0.4) is 0 Å². The second-order valence-electron chi connectivity index (χ2n) is 6.32. The minimum Gasteiger partial charge on any atom is -0.490 e. The van der Waals surface area contributed by atoms with Crippen LogP contribution in [-0.4, -0.2) is 44.9 Å². The fraction of sp³-hybridized carbons (Fsp3) is 0.381. The molecular formula is C21H26N2O4. The number of hydrogen-bond donors (Lipinski definition) is 2. The summed E-state index contributed by atoms with van der Waals surface area (Å²) in [5.74, 6) is 1.33. The lowest BCUT2D eigenvalue weighted by molar-refractivity contribution is -0.115. The van der Waals surface area contributed by atoms with Gasteiger partial charge < -0.3 is 24.8 Å². The van der Waals surface area contributed by atoms with E-state index in [9.17, 15) is 4.79 Å². The zero-order valence-corrected chi connectivity index (χ0v) is 15.4. The number of hydrogen-bond acceptors (Lipinski definition) is 5. The standard InChI is InChI=1S/C21H26N2O4/c24-21(16-22-15-18-9-6-12-25-18)23-19-10-4-5-11-20(19)27-14-13-26-17-7-2-1-3-8-17/h1-5,7-8,10-11,18,22H,6,9,12-16H2,(H,23,24). The highest BCUT2D eigenvalue weighted by Gasteiger charge is 2.15. The Kier molecular flexibility index (Phi) is 7.50. The van der Waals surface area contributed by atoms with Gasteiger partial charge in [-0.15, -0.1) is 0 Å². The third-order valence-electron chi connectivity index (χ3n) is 4.20. The lowest BCUT2D eigenvalue weighted by Gasteiger charge is -2.14. The van der Waals surface area contributed by atoms with Crippen molar-refractivity contribution in [2.24, 2.45) is 0 Å². The van der Waals surface area contributed by atoms with Crippen LogP contribution >= 0.6 is 0 Å². The molecule has 1 fully saturated rings. The van der Waals surface area contributed by atoms with E-state index >= 15 is 0 Å². The van der Waals surface area contributed by atoms with E-state index in [0.29, 0.717) is 31.2 Å². The number of ether oxygens (including phenoxy) is 3. The maximum Gasteiger partial charge on any atom is 0.238 e. The summed E-state index contributed by atoms with van der Waals surface area (Å²) in [6, 6.07) is 17.0. The largest absolute Gasteiger partial charge is 0.490 e. The summed E-state index contributed by atoms with van der Waals surface area (Å²) in [5, 5.41) is 6.03. The van der Waals surface area contributed by atoms with Gasteiger partial charge in [0.05, 0.1) is 18.3 Å². The highest BCUT2D eigenvalue weighted by molar-refractivity contribution is 5.93. The number of benzene rings is 2. The molecule has 0 saturated carbocycles. The van der Waals surface area contributed by atoms with Gasteiger partial charge in [-0.3, -0.25) is 4.79 Å². The molecule has 144 valence electrons. The minimum absolute atomic E-state index is 0.107. The number of amides is 1. The van der Waals surface area contributed by atoms with Gasteiger partial charge >= 0.3 is 0 Å². The van der Waals surface area contributed by atoms with Crippen molar-refractivity contribution in [1.82, 2.24) is 5.32 Å². The van der Waals surface area contributed by atoms with Gasteiger partial charge in [0.2, 0.25) is 5.91 Å². The van der Waals surface area contributed by atoms with Crippen LogP contribution in [-0.2, 0) is 9.53 Å². The minimum atomic E-state index is -0.107. The highest BCUT2D eigenvalue weighted by Crippen LogP contribution is 2.23. The number of para-hydroxylation sites is 3. The SMILES string of the molecule is O=C(CNCC1CCCO1)Nc1ccccc1OCCOc1ccccc1. The zero-order valence-electron chi connectivity index (χ0n) is 15.4. The molecule has 27 heavy (non-hydrogen) atoms. The van der Waals surface area contributed by atoms with E-state index < -0.39 is 0 Å². The molecule has 3 rings (SSSR count). The van der Waals surface area contributed by atoms with Gasteiger partial charge in [0, 0.05) is 13.2 Å². The topological polar surface area (TPSA) is 68.8 Å². The van der Waals surface area contributed by atoms with Crippen molar-refractivity contribution in [2.45, 2.75) is 18.9 Å². The smallest absolute Gasteiger partial charge is 0.238 e. The summed E-state index contributed by atoms with van der Waals surface area (Å²) in [5.41, 5.74) is 0.654. The van der Waals surface area contributed by atoms with Crippen LogP contribution in [0.5, 0.6) is 11.5 Å². The Bertz CT molecular complexity index is 702. The van der Waals surface area contributed by atoms with Crippen molar-refractivity contribution in [3.63, 3.8) is 0 Å². The Hall–Kier alpha value is -2.57. The van der Waals surface area contributed by atoms with Crippen LogP contribution in [0.2, 0.25) is 0 Å². The Morgan fingerprint density at radius 3 is 2.63 bits per heavy atom. The molecule has 2 N–H and O–H groups in total. The number of rotatable bonds is 10. The van der Waals surface area contributed by atoms with Crippen molar-refractivity contribution in [3.8, 4) is 11.5 Å². The Morgan fingerprint density at radius 1 is 1.04 bits per heavy atom. The molecule has 1 heterocycles. The zero-order chi connectivity index (χ0) is 18.7. The third kappa shape index (κ3) is 6.58. The molecule has 1 atom stereocenters. The summed E-state index contributed by atoms with van der Waals surface area (Å²) in [7, 11) is 0. The lowest BCUT2D eigenvalue weighted by Crippen LogP contribution is -2.33. The molecule has 1 aliphatic rings. The molecule has 0 aromatic heterocycles. The van der Waals surface area contributed by atoms with Crippen LogP contribution in [0.1, 0.15) is 12.8 Å². The van der Waals surface area contributed by atoms with Crippen molar-refractivity contribution < 1.29 is 19.0 Å². The van der Waals surface area contributed by atoms with Crippen molar-refractivity contribution in [2.75, 3.05) is 38.2 Å². The van der Waals surface area contributed by atoms with Crippen LogP contribution in [0.15, 0.2) is 54.6 Å². The van der Waals surface area contributed by atoms with Gasteiger partial charge in [0.1, 0.15) is 24.7 Å². The average molecular weight is 370 g/mol. The number of anilines is 1. The van der Waals surface area contributed by atoms with E-state index in [4.69, 9.17) is 14.2 Å². The predicted molar refractivity (Wildman–Crippen MR) is 104 cm³/mol. The number of carbonyl (C=O) groups excluding carboxylic acids is 1. The summed E-state index contributed by atoms with van der Waals surface area (Å²) in [6.45, 7) is 2.57. The van der Waals surface area contributed by atoms with Crippen LogP contribution in [0.4, 0.5) is 5.69 Å². The summed E-state index contributed by atoms with van der Waals surface area (Å²) in [6.07, 6.45) is 2.37. The molecule has 0 spiro atoms. The van der Waals surface area contributed by atoms with Gasteiger partial charge in [-0.25, -0.2) is 0 Å². The van der Waals surface area contributed by atoms with Crippen LogP contribution in [0.25, 0.3) is 0 Å². The highest BCUT2D eigenvalue weighted by atomic mass is 16.5. The van der Waals surface area contributed by atoms with Gasteiger partial charge in [-0.2, -0.15) is 0 Å². The summed E-state index contributed by atoms with van der Waals surface area (Å²) < 4.78 is 16.9. The maximum absolute atomic E-state index is 12.2. The first kappa shape index (κ1) is 19.2. The van der Waals surface area contributed by atoms with Gasteiger partial charge in [0.25, 0.3) is 0 Å². The molecule has 0 bridgehead atoms. The molecule has 2 aromatic carbocycles. The second-order valence-corrected chi connectivity index (χ2v) is 6.32. The Balaban J connectivity index is 1.40. The first-order valence-corrected chi connectivity index (χ1v) is 9.33. The molecule has 6 heteroatoms. The van der Waals surface area contributed by atoms with E-state index in [0.717, 1.165) is 25.2 Å². The fourth-order valence-electron chi connectivity index (χ4n) is 2.87. The maximum atomic E-state index is 12.2. The fourth-order valence-corrected chi connectivity index (χ4v) is 2.87. The first-order chi connectivity index (χ1) is 13.3. The van der Waals surface area contributed by atoms with E-state index in [1.807, 2.05) is 54.6 Å². The molecule has 0 radical (unpaired) electrons. The first-order valence-electron chi connectivity index (χ1n) is 9.33. The molecule has 2 aromatic rings. The predicted octanol–water partition coefficient (Wildman–Crippen LogP) is 2.85. The normalized spacial score (nSPS) is 16.1. The van der Waals surface area contributed by atoms with Crippen molar-refractivity contribution in [3.05, 3.63) is 54.6 Å². The molecular weight excluding hydrogens is 344 g/mol. The monoisotopic (exact) mass is 370 g/mol. The van der Waals surface area contributed by atoms with Crippen LogP contribution < -0.4 is 20.1 Å². The van der Waals surface area contributed by atoms with Gasteiger partial charge in [0.15, 0.2) is 0 Å². The van der Waals surface area contributed by atoms with E-state index in [1.165, 1.54) is 0 Å². The van der Waals surface area contributed by atoms with Crippen molar-refractivity contribution in [1.29, 1.82) is 0 Å². The third-order valence-corrected chi connectivity index (χ3v) is 4.20. The van der Waals surface area contributed by atoms with E-state index in [1.54, 1.807) is 0 Å². The van der Waals surface area contributed by atoms with E-state index in [-0.39, 0.29) is 18.6 Å². The van der Waals surface area contributed by atoms with E-state index in [2.05, 4.69) is 10.6 Å². The summed E-state index contributed by atoms with van der Waals surface area (Å²) in [4.78, 5) is 12.2. The quantitative estimate of drug-likeness (QED) is 0.630. The molecule has 0 aliphatic carbocycles. The molecule has 6 nitrogen and oxygen atoms in total. The van der Waals surface area contributed by atoms with Crippen LogP contribution in [0, 0.1) is 0 Å². The second kappa shape index (κ2) is 10.5. The Labute approximate surface area is 159 Å². The van der Waals surface area contributed by atoms with Crippen molar-refractivity contribution >= 4 is 11.6 Å².